The highest BCUT2D eigenvalue weighted by atomic mass is 79.9. The standard InChI is InChI=1S/C13H20BrF3N2S/c1-4-10(18)12(11-5-9(14)6-20-11)19(8(2)3)7-13(15,16)17/h5-6,8,10,12H,4,7,18H2,1-3H3. The molecule has 7 heteroatoms. The van der Waals surface area contributed by atoms with Crippen molar-refractivity contribution in [3.63, 3.8) is 0 Å². The summed E-state index contributed by atoms with van der Waals surface area (Å²) < 4.78 is 39.4. The molecule has 0 aliphatic heterocycles. The van der Waals surface area contributed by atoms with Crippen molar-refractivity contribution in [3.05, 3.63) is 20.8 Å². The van der Waals surface area contributed by atoms with Crippen LogP contribution in [0.25, 0.3) is 0 Å². The first-order valence-electron chi connectivity index (χ1n) is 6.47. The zero-order valence-corrected chi connectivity index (χ0v) is 14.1. The second kappa shape index (κ2) is 7.24. The minimum atomic E-state index is -4.23. The number of alkyl halides is 3. The average Bonchev–Trinajstić information content (AvgIpc) is 2.72. The van der Waals surface area contributed by atoms with Crippen molar-refractivity contribution >= 4 is 27.3 Å². The van der Waals surface area contributed by atoms with Crippen molar-refractivity contribution in [2.24, 2.45) is 5.73 Å². The first-order chi connectivity index (χ1) is 9.15. The molecule has 0 fully saturated rings. The summed E-state index contributed by atoms with van der Waals surface area (Å²) in [6.45, 7) is 4.48. The maximum atomic E-state index is 12.8. The minimum Gasteiger partial charge on any atom is -0.326 e. The molecule has 1 heterocycles. The van der Waals surface area contributed by atoms with E-state index >= 15 is 0 Å². The summed E-state index contributed by atoms with van der Waals surface area (Å²) in [6.07, 6.45) is -3.61. The average molecular weight is 373 g/mol. The van der Waals surface area contributed by atoms with E-state index in [4.69, 9.17) is 5.73 Å². The predicted octanol–water partition coefficient (Wildman–Crippen LogP) is 4.56. The third-order valence-electron chi connectivity index (χ3n) is 3.14. The van der Waals surface area contributed by atoms with Crippen LogP contribution in [0.4, 0.5) is 13.2 Å². The minimum absolute atomic E-state index is 0.236. The van der Waals surface area contributed by atoms with E-state index in [9.17, 15) is 13.2 Å². The molecule has 1 aromatic rings. The number of thiophene rings is 1. The molecule has 1 rings (SSSR count). The molecule has 1 aromatic heterocycles. The number of halogens is 4. The van der Waals surface area contributed by atoms with Crippen LogP contribution in [-0.2, 0) is 0 Å². The van der Waals surface area contributed by atoms with Gasteiger partial charge in [-0.15, -0.1) is 11.3 Å². The molecule has 0 aliphatic rings. The van der Waals surface area contributed by atoms with Crippen LogP contribution in [0, 0.1) is 0 Å². The zero-order chi connectivity index (χ0) is 15.5. The van der Waals surface area contributed by atoms with Gasteiger partial charge in [-0.2, -0.15) is 13.2 Å². The molecule has 20 heavy (non-hydrogen) atoms. The summed E-state index contributed by atoms with van der Waals surface area (Å²) in [7, 11) is 0. The Bertz CT molecular complexity index is 420. The van der Waals surface area contributed by atoms with E-state index in [-0.39, 0.29) is 12.1 Å². The van der Waals surface area contributed by atoms with E-state index in [0.717, 1.165) is 9.35 Å². The van der Waals surface area contributed by atoms with E-state index in [0.29, 0.717) is 6.42 Å². The fourth-order valence-electron chi connectivity index (χ4n) is 2.14. The molecule has 0 aromatic carbocycles. The van der Waals surface area contributed by atoms with Crippen LogP contribution in [0.15, 0.2) is 15.9 Å². The first-order valence-corrected chi connectivity index (χ1v) is 8.15. The van der Waals surface area contributed by atoms with E-state index in [1.165, 1.54) is 16.2 Å². The molecule has 2 nitrogen and oxygen atoms in total. The normalized spacial score (nSPS) is 15.9. The second-order valence-electron chi connectivity index (χ2n) is 5.07. The fraction of sp³-hybridized carbons (Fsp3) is 0.692. The molecule has 2 atom stereocenters. The van der Waals surface area contributed by atoms with Gasteiger partial charge in [-0.3, -0.25) is 4.90 Å². The topological polar surface area (TPSA) is 29.3 Å². The fourth-order valence-corrected chi connectivity index (χ4v) is 3.78. The molecule has 0 amide bonds. The SMILES string of the molecule is CCC(N)C(c1cc(Br)cs1)N(CC(F)(F)F)C(C)C. The Kier molecular flexibility index (Phi) is 6.50. The molecule has 0 bridgehead atoms. The van der Waals surface area contributed by atoms with Gasteiger partial charge in [-0.25, -0.2) is 0 Å². The third-order valence-corrected chi connectivity index (χ3v) is 4.90. The molecule has 2 unspecified atom stereocenters. The van der Waals surface area contributed by atoms with Crippen LogP contribution in [0.2, 0.25) is 0 Å². The Hall–Kier alpha value is -0.110. The highest BCUT2D eigenvalue weighted by Crippen LogP contribution is 2.35. The zero-order valence-electron chi connectivity index (χ0n) is 11.7. The molecule has 116 valence electrons. The first kappa shape index (κ1) is 17.9. The molecule has 0 aliphatic carbocycles. The Morgan fingerprint density at radius 2 is 2.00 bits per heavy atom. The van der Waals surface area contributed by atoms with Gasteiger partial charge in [0.15, 0.2) is 0 Å². The van der Waals surface area contributed by atoms with Gasteiger partial charge < -0.3 is 5.73 Å². The lowest BCUT2D eigenvalue weighted by atomic mass is 10.0. The van der Waals surface area contributed by atoms with E-state index in [1.54, 1.807) is 13.8 Å². The molecule has 0 saturated heterocycles. The Morgan fingerprint density at radius 3 is 2.35 bits per heavy atom. The van der Waals surface area contributed by atoms with Gasteiger partial charge in [0.05, 0.1) is 12.6 Å². The van der Waals surface area contributed by atoms with Gasteiger partial charge in [0.2, 0.25) is 0 Å². The molecular weight excluding hydrogens is 353 g/mol. The summed E-state index contributed by atoms with van der Waals surface area (Å²) in [4.78, 5) is 2.30. The maximum Gasteiger partial charge on any atom is 0.401 e. The molecule has 0 saturated carbocycles. The number of nitrogens with zero attached hydrogens (tertiary/aromatic N) is 1. The van der Waals surface area contributed by atoms with Gasteiger partial charge in [-0.05, 0) is 42.3 Å². The molecule has 0 radical (unpaired) electrons. The molecular formula is C13H20BrF3N2S. The number of hydrogen-bond donors (Lipinski definition) is 1. The van der Waals surface area contributed by atoms with Gasteiger partial charge in [0, 0.05) is 26.8 Å². The lowest BCUT2D eigenvalue weighted by Crippen LogP contribution is -2.47. The van der Waals surface area contributed by atoms with Crippen molar-refractivity contribution in [2.45, 2.75) is 51.5 Å². The summed E-state index contributed by atoms with van der Waals surface area (Å²) in [5, 5.41) is 1.87. The smallest absolute Gasteiger partial charge is 0.326 e. The largest absolute Gasteiger partial charge is 0.401 e. The molecule has 0 spiro atoms. The van der Waals surface area contributed by atoms with Crippen LogP contribution < -0.4 is 5.73 Å². The number of hydrogen-bond acceptors (Lipinski definition) is 3. The Balaban J connectivity index is 3.12. The van der Waals surface area contributed by atoms with Crippen molar-refractivity contribution in [1.29, 1.82) is 0 Å². The van der Waals surface area contributed by atoms with Gasteiger partial charge >= 0.3 is 6.18 Å². The Morgan fingerprint density at radius 1 is 1.40 bits per heavy atom. The molecule has 2 N–H and O–H groups in total. The summed E-state index contributed by atoms with van der Waals surface area (Å²) in [6, 6.07) is 0.875. The van der Waals surface area contributed by atoms with Crippen molar-refractivity contribution in [3.8, 4) is 0 Å². The highest BCUT2D eigenvalue weighted by molar-refractivity contribution is 9.10. The van der Waals surface area contributed by atoms with Gasteiger partial charge in [0.25, 0.3) is 0 Å². The van der Waals surface area contributed by atoms with Crippen molar-refractivity contribution in [1.82, 2.24) is 4.90 Å². The maximum absolute atomic E-state index is 12.8. The number of rotatable bonds is 6. The lowest BCUT2D eigenvalue weighted by molar-refractivity contribution is -0.156. The van der Waals surface area contributed by atoms with Crippen LogP contribution in [0.1, 0.15) is 38.1 Å². The van der Waals surface area contributed by atoms with Crippen LogP contribution in [0.3, 0.4) is 0 Å². The van der Waals surface area contributed by atoms with E-state index in [1.807, 2.05) is 18.4 Å². The monoisotopic (exact) mass is 372 g/mol. The van der Waals surface area contributed by atoms with Crippen molar-refractivity contribution in [2.75, 3.05) is 6.54 Å². The lowest BCUT2D eigenvalue weighted by Gasteiger charge is -2.38. The van der Waals surface area contributed by atoms with Crippen molar-refractivity contribution < 1.29 is 13.2 Å². The summed E-state index contributed by atoms with van der Waals surface area (Å²) >= 11 is 4.79. The summed E-state index contributed by atoms with van der Waals surface area (Å²) in [5.74, 6) is 0. The van der Waals surface area contributed by atoms with Crippen LogP contribution >= 0.6 is 27.3 Å². The quantitative estimate of drug-likeness (QED) is 0.792. The number of nitrogens with two attached hydrogens (primary N) is 1. The van der Waals surface area contributed by atoms with Gasteiger partial charge in [0.1, 0.15) is 0 Å². The van der Waals surface area contributed by atoms with E-state index < -0.39 is 18.8 Å². The summed E-state index contributed by atoms with van der Waals surface area (Å²) in [5.41, 5.74) is 6.10. The van der Waals surface area contributed by atoms with Gasteiger partial charge in [-0.1, -0.05) is 6.92 Å². The van der Waals surface area contributed by atoms with E-state index in [2.05, 4.69) is 15.9 Å². The Labute approximate surface area is 130 Å². The van der Waals surface area contributed by atoms with Crippen LogP contribution in [-0.4, -0.2) is 29.7 Å². The van der Waals surface area contributed by atoms with Crippen LogP contribution in [0.5, 0.6) is 0 Å². The predicted molar refractivity (Wildman–Crippen MR) is 80.9 cm³/mol. The third kappa shape index (κ3) is 5.02. The second-order valence-corrected chi connectivity index (χ2v) is 6.92. The highest BCUT2D eigenvalue weighted by Gasteiger charge is 2.38.